The highest BCUT2D eigenvalue weighted by Crippen LogP contribution is 2.17. The summed E-state index contributed by atoms with van der Waals surface area (Å²) in [4.78, 5) is 12.7. The Morgan fingerprint density at radius 2 is 1.81 bits per heavy atom. The lowest BCUT2D eigenvalue weighted by molar-refractivity contribution is 0.102. The molecule has 6 nitrogen and oxygen atoms in total. The van der Waals surface area contributed by atoms with Crippen LogP contribution in [0.2, 0.25) is 0 Å². The van der Waals surface area contributed by atoms with Crippen LogP contribution in [0.4, 0.5) is 5.69 Å². The van der Waals surface area contributed by atoms with E-state index in [1.165, 1.54) is 12.1 Å². The molecule has 1 heterocycles. The number of aryl methyl sites for hydroxylation is 2. The van der Waals surface area contributed by atoms with Gasteiger partial charge in [0.05, 0.1) is 17.1 Å². The third-order valence-electron chi connectivity index (χ3n) is 4.14. The highest BCUT2D eigenvalue weighted by Gasteiger charge is 2.11. The lowest BCUT2D eigenvalue weighted by Gasteiger charge is -2.09. The average molecular weight is 383 g/mol. The summed E-state index contributed by atoms with van der Waals surface area (Å²) in [7, 11) is -3.33. The molecule has 27 heavy (non-hydrogen) atoms. The van der Waals surface area contributed by atoms with Gasteiger partial charge in [-0.1, -0.05) is 18.2 Å². The first kappa shape index (κ1) is 18.8. The fourth-order valence-electron chi connectivity index (χ4n) is 2.83. The first-order valence-electron chi connectivity index (χ1n) is 8.44. The van der Waals surface area contributed by atoms with Crippen molar-refractivity contribution in [1.29, 1.82) is 0 Å². The monoisotopic (exact) mass is 383 g/mol. The lowest BCUT2D eigenvalue weighted by atomic mass is 10.1. The zero-order valence-corrected chi connectivity index (χ0v) is 16.2. The first-order chi connectivity index (χ1) is 12.7. The number of carbonyl (C=O) groups is 1. The molecule has 1 N–H and O–H groups in total. The number of hydrogen-bond acceptors (Lipinski definition) is 4. The SMILES string of the molecule is Cc1cc(C)n(Cc2cccc(C(=O)Nc3cccc(S(C)(=O)=O)c3)c2)n1. The number of amides is 1. The van der Waals surface area contributed by atoms with Crippen molar-refractivity contribution >= 4 is 21.4 Å². The van der Waals surface area contributed by atoms with Crippen LogP contribution in [0.25, 0.3) is 0 Å². The second kappa shape index (κ2) is 7.36. The van der Waals surface area contributed by atoms with E-state index in [1.54, 1.807) is 18.2 Å². The van der Waals surface area contributed by atoms with Gasteiger partial charge in [0, 0.05) is 23.2 Å². The molecule has 0 fully saturated rings. The molecule has 1 aromatic heterocycles. The van der Waals surface area contributed by atoms with Gasteiger partial charge in [-0.05, 0) is 55.8 Å². The minimum absolute atomic E-state index is 0.165. The Morgan fingerprint density at radius 1 is 1.07 bits per heavy atom. The van der Waals surface area contributed by atoms with Crippen LogP contribution in [-0.2, 0) is 16.4 Å². The Hall–Kier alpha value is -2.93. The summed E-state index contributed by atoms with van der Waals surface area (Å²) in [5, 5.41) is 7.19. The summed E-state index contributed by atoms with van der Waals surface area (Å²) in [5.41, 5.74) is 3.90. The normalized spacial score (nSPS) is 11.4. The van der Waals surface area contributed by atoms with Crippen LogP contribution >= 0.6 is 0 Å². The molecule has 0 unspecified atom stereocenters. The quantitative estimate of drug-likeness (QED) is 0.734. The standard InChI is InChI=1S/C20H21N3O3S/c1-14-10-15(2)23(22-14)13-16-6-4-7-17(11-16)20(24)21-18-8-5-9-19(12-18)27(3,25)26/h4-12H,13H2,1-3H3,(H,21,24). The maximum Gasteiger partial charge on any atom is 0.255 e. The molecule has 0 aliphatic rings. The summed E-state index contributed by atoms with van der Waals surface area (Å²) in [6.45, 7) is 4.51. The number of carbonyl (C=O) groups excluding carboxylic acids is 1. The van der Waals surface area contributed by atoms with E-state index in [2.05, 4.69) is 10.4 Å². The van der Waals surface area contributed by atoms with Gasteiger partial charge in [0.1, 0.15) is 0 Å². The minimum Gasteiger partial charge on any atom is -0.322 e. The number of benzene rings is 2. The Bertz CT molecular complexity index is 1100. The van der Waals surface area contributed by atoms with E-state index in [4.69, 9.17) is 0 Å². The minimum atomic E-state index is -3.33. The number of nitrogens with one attached hydrogen (secondary N) is 1. The summed E-state index contributed by atoms with van der Waals surface area (Å²) in [6.07, 6.45) is 1.14. The zero-order valence-electron chi connectivity index (χ0n) is 15.4. The van der Waals surface area contributed by atoms with E-state index in [9.17, 15) is 13.2 Å². The summed E-state index contributed by atoms with van der Waals surface area (Å²) in [6, 6.07) is 15.5. The molecule has 0 atom stereocenters. The molecule has 0 saturated carbocycles. The van der Waals surface area contributed by atoms with E-state index < -0.39 is 9.84 Å². The van der Waals surface area contributed by atoms with Crippen molar-refractivity contribution < 1.29 is 13.2 Å². The molecular weight excluding hydrogens is 362 g/mol. The second-order valence-electron chi connectivity index (χ2n) is 6.54. The van der Waals surface area contributed by atoms with Crippen LogP contribution < -0.4 is 5.32 Å². The van der Waals surface area contributed by atoms with Crippen molar-refractivity contribution in [2.75, 3.05) is 11.6 Å². The highest BCUT2D eigenvalue weighted by atomic mass is 32.2. The molecule has 0 spiro atoms. The zero-order chi connectivity index (χ0) is 19.6. The van der Waals surface area contributed by atoms with Crippen molar-refractivity contribution in [2.45, 2.75) is 25.3 Å². The van der Waals surface area contributed by atoms with Crippen molar-refractivity contribution in [3.8, 4) is 0 Å². The van der Waals surface area contributed by atoms with Crippen LogP contribution in [-0.4, -0.2) is 30.4 Å². The second-order valence-corrected chi connectivity index (χ2v) is 8.55. The fourth-order valence-corrected chi connectivity index (χ4v) is 3.49. The average Bonchev–Trinajstić information content (AvgIpc) is 2.92. The van der Waals surface area contributed by atoms with Crippen LogP contribution in [0.3, 0.4) is 0 Å². The molecule has 2 aromatic carbocycles. The first-order valence-corrected chi connectivity index (χ1v) is 10.3. The van der Waals surface area contributed by atoms with Crippen LogP contribution in [0.5, 0.6) is 0 Å². The van der Waals surface area contributed by atoms with Gasteiger partial charge in [-0.2, -0.15) is 5.10 Å². The number of hydrogen-bond donors (Lipinski definition) is 1. The predicted octanol–water partition coefficient (Wildman–Crippen LogP) is 3.20. The van der Waals surface area contributed by atoms with Crippen molar-refractivity contribution in [1.82, 2.24) is 9.78 Å². The van der Waals surface area contributed by atoms with E-state index >= 15 is 0 Å². The van der Waals surface area contributed by atoms with Crippen LogP contribution in [0.15, 0.2) is 59.5 Å². The number of nitrogens with zero attached hydrogens (tertiary/aromatic N) is 2. The van der Waals surface area contributed by atoms with Crippen molar-refractivity contribution in [3.63, 3.8) is 0 Å². The van der Waals surface area contributed by atoms with Gasteiger partial charge in [-0.25, -0.2) is 8.42 Å². The van der Waals surface area contributed by atoms with Gasteiger partial charge in [-0.15, -0.1) is 0 Å². The predicted molar refractivity (Wildman–Crippen MR) is 105 cm³/mol. The molecule has 3 rings (SSSR count). The van der Waals surface area contributed by atoms with Gasteiger partial charge >= 0.3 is 0 Å². The summed E-state index contributed by atoms with van der Waals surface area (Å²) < 4.78 is 25.2. The van der Waals surface area contributed by atoms with E-state index in [0.29, 0.717) is 17.8 Å². The molecule has 0 saturated heterocycles. The van der Waals surface area contributed by atoms with E-state index in [0.717, 1.165) is 23.2 Å². The Balaban J connectivity index is 1.79. The Morgan fingerprint density at radius 3 is 2.48 bits per heavy atom. The molecule has 0 radical (unpaired) electrons. The lowest BCUT2D eigenvalue weighted by Crippen LogP contribution is -2.13. The Labute approximate surface area is 158 Å². The van der Waals surface area contributed by atoms with Gasteiger partial charge < -0.3 is 5.32 Å². The molecule has 3 aromatic rings. The number of anilines is 1. The van der Waals surface area contributed by atoms with Crippen LogP contribution in [0, 0.1) is 13.8 Å². The smallest absolute Gasteiger partial charge is 0.255 e. The third-order valence-corrected chi connectivity index (χ3v) is 5.26. The third kappa shape index (κ3) is 4.62. The molecule has 0 bridgehead atoms. The number of aromatic nitrogens is 2. The van der Waals surface area contributed by atoms with Gasteiger partial charge in [0.15, 0.2) is 9.84 Å². The van der Waals surface area contributed by atoms with Crippen molar-refractivity contribution in [2.24, 2.45) is 0 Å². The molecular formula is C20H21N3O3S. The van der Waals surface area contributed by atoms with E-state index in [1.807, 2.05) is 42.8 Å². The number of sulfone groups is 1. The maximum absolute atomic E-state index is 12.6. The van der Waals surface area contributed by atoms with Gasteiger partial charge in [0.2, 0.25) is 0 Å². The molecule has 0 aliphatic heterocycles. The molecule has 1 amide bonds. The maximum atomic E-state index is 12.6. The fraction of sp³-hybridized carbons (Fsp3) is 0.200. The van der Waals surface area contributed by atoms with Gasteiger partial charge in [-0.3, -0.25) is 9.48 Å². The van der Waals surface area contributed by atoms with E-state index in [-0.39, 0.29) is 10.8 Å². The topological polar surface area (TPSA) is 81.1 Å². The molecule has 7 heteroatoms. The summed E-state index contributed by atoms with van der Waals surface area (Å²) in [5.74, 6) is -0.295. The molecule has 140 valence electrons. The highest BCUT2D eigenvalue weighted by molar-refractivity contribution is 7.90. The molecule has 0 aliphatic carbocycles. The van der Waals surface area contributed by atoms with Crippen LogP contribution in [0.1, 0.15) is 27.3 Å². The summed E-state index contributed by atoms with van der Waals surface area (Å²) >= 11 is 0. The van der Waals surface area contributed by atoms with Gasteiger partial charge in [0.25, 0.3) is 5.91 Å². The Kier molecular flexibility index (Phi) is 5.14. The largest absolute Gasteiger partial charge is 0.322 e. The number of rotatable bonds is 5. The van der Waals surface area contributed by atoms with Crippen molar-refractivity contribution in [3.05, 3.63) is 77.1 Å².